The van der Waals surface area contributed by atoms with E-state index >= 15 is 0 Å². The molecule has 0 saturated carbocycles. The van der Waals surface area contributed by atoms with Crippen molar-refractivity contribution in [2.24, 2.45) is 5.16 Å². The molecule has 6 nitrogen and oxygen atoms in total. The van der Waals surface area contributed by atoms with Crippen LogP contribution in [0.2, 0.25) is 0 Å². The number of hydrogen-bond acceptors (Lipinski definition) is 6. The molecule has 0 atom stereocenters. The second-order valence-corrected chi connectivity index (χ2v) is 6.05. The van der Waals surface area contributed by atoms with E-state index in [1.54, 1.807) is 6.07 Å². The normalized spacial score (nSPS) is 15.6. The molecule has 0 bridgehead atoms. The first kappa shape index (κ1) is 14.7. The van der Waals surface area contributed by atoms with Crippen molar-refractivity contribution in [1.82, 2.24) is 10.3 Å². The first-order chi connectivity index (χ1) is 11.7. The maximum Gasteiger partial charge on any atom is 0.142 e. The van der Waals surface area contributed by atoms with Gasteiger partial charge in [0.2, 0.25) is 0 Å². The molecule has 122 valence electrons. The summed E-state index contributed by atoms with van der Waals surface area (Å²) in [4.78, 5) is 5.54. The van der Waals surface area contributed by atoms with Crippen LogP contribution >= 0.6 is 0 Å². The van der Waals surface area contributed by atoms with Crippen LogP contribution in [0, 0.1) is 6.92 Å². The number of benzene rings is 2. The van der Waals surface area contributed by atoms with Gasteiger partial charge in [0.15, 0.2) is 0 Å². The molecule has 1 N–H and O–H groups in total. The fourth-order valence-electron chi connectivity index (χ4n) is 3.01. The fraction of sp³-hybridized carbons (Fsp3) is 0.278. The Labute approximate surface area is 138 Å². The summed E-state index contributed by atoms with van der Waals surface area (Å²) in [5.74, 6) is 0.298. The second kappa shape index (κ2) is 5.96. The third kappa shape index (κ3) is 2.71. The lowest BCUT2D eigenvalue weighted by molar-refractivity contribution is 0.130. The highest BCUT2D eigenvalue weighted by Crippen LogP contribution is 2.28. The summed E-state index contributed by atoms with van der Waals surface area (Å²) in [6.07, 6.45) is 2.89. The van der Waals surface area contributed by atoms with Gasteiger partial charge in [-0.25, -0.2) is 4.63 Å². The lowest BCUT2D eigenvalue weighted by Gasteiger charge is -2.18. The standard InChI is InChI=1S/C18H17N3O3/c1-11-7-13-3-2-4-15(14(13)9-18(11)22)19-23-10-12-5-6-16-17(8-12)21-24-20-16/h5-9,22H,2-4,10H2,1H3/b19-15+. The quantitative estimate of drug-likeness (QED) is 0.746. The van der Waals surface area contributed by atoms with E-state index in [4.69, 9.17) is 4.84 Å². The largest absolute Gasteiger partial charge is 0.508 e. The smallest absolute Gasteiger partial charge is 0.142 e. The van der Waals surface area contributed by atoms with E-state index in [9.17, 15) is 5.11 Å². The zero-order chi connectivity index (χ0) is 16.5. The van der Waals surface area contributed by atoms with Gasteiger partial charge in [0, 0.05) is 5.56 Å². The van der Waals surface area contributed by atoms with Crippen molar-refractivity contribution in [3.05, 3.63) is 52.6 Å². The maximum atomic E-state index is 9.96. The number of hydrogen-bond donors (Lipinski definition) is 1. The molecule has 0 fully saturated rings. The van der Waals surface area contributed by atoms with Gasteiger partial charge in [-0.2, -0.15) is 0 Å². The van der Waals surface area contributed by atoms with Gasteiger partial charge in [0.1, 0.15) is 23.4 Å². The highest BCUT2D eigenvalue weighted by atomic mass is 16.6. The molecule has 24 heavy (non-hydrogen) atoms. The number of aryl methyl sites for hydroxylation is 2. The number of fused-ring (bicyclic) bond motifs is 2. The van der Waals surface area contributed by atoms with Crippen LogP contribution in [-0.4, -0.2) is 21.1 Å². The van der Waals surface area contributed by atoms with E-state index in [-0.39, 0.29) is 0 Å². The summed E-state index contributed by atoms with van der Waals surface area (Å²) in [5.41, 5.74) is 6.35. The number of rotatable bonds is 3. The zero-order valence-corrected chi connectivity index (χ0v) is 13.3. The highest BCUT2D eigenvalue weighted by Gasteiger charge is 2.18. The van der Waals surface area contributed by atoms with Gasteiger partial charge in [-0.15, -0.1) is 0 Å². The van der Waals surface area contributed by atoms with Crippen LogP contribution in [0.1, 0.15) is 35.1 Å². The molecule has 0 amide bonds. The molecular weight excluding hydrogens is 306 g/mol. The van der Waals surface area contributed by atoms with Crippen molar-refractivity contribution in [2.45, 2.75) is 32.8 Å². The molecule has 1 aromatic heterocycles. The Morgan fingerprint density at radius 3 is 2.96 bits per heavy atom. The summed E-state index contributed by atoms with van der Waals surface area (Å²) in [6, 6.07) is 9.45. The van der Waals surface area contributed by atoms with Gasteiger partial charge in [-0.3, -0.25) is 0 Å². The van der Waals surface area contributed by atoms with Gasteiger partial charge in [-0.1, -0.05) is 17.3 Å². The zero-order valence-electron chi connectivity index (χ0n) is 13.3. The Hall–Kier alpha value is -2.89. The molecule has 0 spiro atoms. The molecule has 4 rings (SSSR count). The Bertz CT molecular complexity index is 930. The maximum absolute atomic E-state index is 9.96. The van der Waals surface area contributed by atoms with Crippen LogP contribution in [0.25, 0.3) is 11.0 Å². The topological polar surface area (TPSA) is 80.7 Å². The van der Waals surface area contributed by atoms with Gasteiger partial charge in [-0.05, 0) is 71.4 Å². The second-order valence-electron chi connectivity index (χ2n) is 6.05. The van der Waals surface area contributed by atoms with Gasteiger partial charge < -0.3 is 9.94 Å². The van der Waals surface area contributed by atoms with E-state index in [1.807, 2.05) is 31.2 Å². The third-order valence-electron chi connectivity index (χ3n) is 4.32. The Balaban J connectivity index is 1.53. The molecule has 6 heteroatoms. The first-order valence-electron chi connectivity index (χ1n) is 7.93. The van der Waals surface area contributed by atoms with E-state index in [1.165, 1.54) is 5.56 Å². The molecule has 3 aromatic rings. The minimum absolute atomic E-state index is 0.298. The summed E-state index contributed by atoms with van der Waals surface area (Å²) >= 11 is 0. The molecule has 1 aliphatic rings. The van der Waals surface area contributed by atoms with Crippen LogP contribution < -0.4 is 0 Å². The molecule has 1 heterocycles. The number of phenolic OH excluding ortho intramolecular Hbond substituents is 1. The predicted octanol–water partition coefficient (Wildman–Crippen LogP) is 3.49. The molecule has 2 aromatic carbocycles. The number of phenols is 1. The number of aromatic hydroxyl groups is 1. The predicted molar refractivity (Wildman–Crippen MR) is 88.9 cm³/mol. The lowest BCUT2D eigenvalue weighted by Crippen LogP contribution is -2.12. The highest BCUT2D eigenvalue weighted by molar-refractivity contribution is 6.02. The third-order valence-corrected chi connectivity index (χ3v) is 4.32. The van der Waals surface area contributed by atoms with E-state index in [2.05, 4.69) is 20.1 Å². The minimum Gasteiger partial charge on any atom is -0.508 e. The summed E-state index contributed by atoms with van der Waals surface area (Å²) < 4.78 is 4.69. The van der Waals surface area contributed by atoms with Gasteiger partial charge >= 0.3 is 0 Å². The summed E-state index contributed by atoms with van der Waals surface area (Å²) in [5, 5.41) is 21.9. The van der Waals surface area contributed by atoms with Crippen molar-refractivity contribution in [3.8, 4) is 5.75 Å². The monoisotopic (exact) mass is 323 g/mol. The minimum atomic E-state index is 0.298. The fourth-order valence-corrected chi connectivity index (χ4v) is 3.01. The van der Waals surface area contributed by atoms with Crippen LogP contribution in [0.15, 0.2) is 40.1 Å². The average Bonchev–Trinajstić information content (AvgIpc) is 3.04. The van der Waals surface area contributed by atoms with Crippen LogP contribution in [0.4, 0.5) is 0 Å². The van der Waals surface area contributed by atoms with Crippen molar-refractivity contribution in [2.75, 3.05) is 0 Å². The van der Waals surface area contributed by atoms with Crippen LogP contribution in [0.5, 0.6) is 5.75 Å². The van der Waals surface area contributed by atoms with Crippen molar-refractivity contribution < 1.29 is 14.6 Å². The van der Waals surface area contributed by atoms with Crippen LogP contribution in [0.3, 0.4) is 0 Å². The molecule has 0 radical (unpaired) electrons. The summed E-state index contributed by atoms with van der Waals surface area (Å²) in [6.45, 7) is 2.26. The van der Waals surface area contributed by atoms with E-state index in [0.29, 0.717) is 17.9 Å². The molecular formula is C18H17N3O3. The van der Waals surface area contributed by atoms with Crippen molar-refractivity contribution in [1.29, 1.82) is 0 Å². The Morgan fingerprint density at radius 2 is 2.04 bits per heavy atom. The van der Waals surface area contributed by atoms with Gasteiger partial charge in [0.25, 0.3) is 0 Å². The van der Waals surface area contributed by atoms with Crippen molar-refractivity contribution >= 4 is 16.7 Å². The van der Waals surface area contributed by atoms with Gasteiger partial charge in [0.05, 0.1) is 5.71 Å². The summed E-state index contributed by atoms with van der Waals surface area (Å²) in [7, 11) is 0. The Morgan fingerprint density at radius 1 is 1.17 bits per heavy atom. The number of nitrogens with zero attached hydrogens (tertiary/aromatic N) is 3. The number of oxime groups is 1. The molecule has 0 saturated heterocycles. The molecule has 0 unspecified atom stereocenters. The first-order valence-corrected chi connectivity index (χ1v) is 7.93. The average molecular weight is 323 g/mol. The SMILES string of the molecule is Cc1cc2c(cc1O)/C(=N/OCc1ccc3nonc3c1)CCC2. The van der Waals surface area contributed by atoms with E-state index < -0.39 is 0 Å². The molecule has 1 aliphatic carbocycles. The van der Waals surface area contributed by atoms with Crippen molar-refractivity contribution in [3.63, 3.8) is 0 Å². The Kier molecular flexibility index (Phi) is 3.65. The van der Waals surface area contributed by atoms with Crippen LogP contribution in [-0.2, 0) is 17.9 Å². The van der Waals surface area contributed by atoms with E-state index in [0.717, 1.165) is 47.2 Å². The number of aromatic nitrogens is 2. The molecule has 0 aliphatic heterocycles. The lowest BCUT2D eigenvalue weighted by atomic mass is 9.88.